The van der Waals surface area contributed by atoms with E-state index in [1.54, 1.807) is 41.8 Å². The molecule has 40 heavy (non-hydrogen) atoms. The van der Waals surface area contributed by atoms with Crippen LogP contribution in [0.15, 0.2) is 72.9 Å². The lowest BCUT2D eigenvalue weighted by Gasteiger charge is -2.23. The summed E-state index contributed by atoms with van der Waals surface area (Å²) in [4.78, 5) is 17.5. The molecule has 0 saturated heterocycles. The van der Waals surface area contributed by atoms with Crippen molar-refractivity contribution in [2.45, 2.75) is 38.0 Å². The van der Waals surface area contributed by atoms with Crippen LogP contribution in [0.5, 0.6) is 5.75 Å². The van der Waals surface area contributed by atoms with E-state index in [1.807, 2.05) is 0 Å². The molecule has 8 nitrogen and oxygen atoms in total. The van der Waals surface area contributed by atoms with Crippen LogP contribution in [-0.4, -0.2) is 38.1 Å². The Morgan fingerprint density at radius 1 is 0.950 bits per heavy atom. The van der Waals surface area contributed by atoms with Crippen LogP contribution in [0, 0.1) is 0 Å². The van der Waals surface area contributed by atoms with Crippen molar-refractivity contribution in [2.24, 2.45) is 0 Å². The van der Waals surface area contributed by atoms with E-state index < -0.39 is 16.3 Å². The molecule has 1 aliphatic carbocycles. The highest BCUT2D eigenvalue weighted by atomic mass is 32.2. The molecule has 0 unspecified atom stereocenters. The molecule has 1 N–H and O–H groups in total. The Labute approximate surface area is 238 Å². The zero-order valence-corrected chi connectivity index (χ0v) is 23.9. The van der Waals surface area contributed by atoms with Gasteiger partial charge in [0, 0.05) is 11.8 Å². The number of carbonyl (C=O) groups is 1. The van der Waals surface area contributed by atoms with Gasteiger partial charge in [0.05, 0.1) is 30.3 Å². The number of anilines is 2. The average molecular weight is 579 g/mol. The van der Waals surface area contributed by atoms with Crippen molar-refractivity contribution in [1.82, 2.24) is 4.98 Å². The molecule has 1 heterocycles. The van der Waals surface area contributed by atoms with E-state index in [0.717, 1.165) is 25.3 Å². The number of aromatic nitrogens is 1. The van der Waals surface area contributed by atoms with Crippen LogP contribution in [0.2, 0.25) is 0 Å². The monoisotopic (exact) mass is 578 g/mol. The van der Waals surface area contributed by atoms with Gasteiger partial charge in [-0.05, 0) is 60.2 Å². The first-order valence-corrected chi connectivity index (χ1v) is 15.2. The number of rotatable bonds is 8. The van der Waals surface area contributed by atoms with Crippen LogP contribution in [0.25, 0.3) is 21.0 Å². The Balaban J connectivity index is 1.39. The predicted octanol–water partition coefficient (Wildman–Crippen LogP) is 7.26. The van der Waals surface area contributed by atoms with Crippen molar-refractivity contribution < 1.29 is 27.2 Å². The van der Waals surface area contributed by atoms with E-state index in [0.29, 0.717) is 5.92 Å². The van der Waals surface area contributed by atoms with Crippen LogP contribution in [0.3, 0.4) is 0 Å². The van der Waals surface area contributed by atoms with Crippen molar-refractivity contribution in [3.05, 3.63) is 84.1 Å². The van der Waals surface area contributed by atoms with Crippen molar-refractivity contribution in [3.8, 4) is 26.8 Å². The lowest BCUT2D eigenvalue weighted by molar-refractivity contribution is 0.0600. The van der Waals surface area contributed by atoms with Gasteiger partial charge in [-0.1, -0.05) is 55.7 Å². The van der Waals surface area contributed by atoms with Crippen LogP contribution >= 0.6 is 11.3 Å². The topological polar surface area (TPSA) is 106 Å². The van der Waals surface area contributed by atoms with Crippen molar-refractivity contribution in [3.63, 3.8) is 0 Å². The molecule has 1 aliphatic rings. The second-order valence-electron chi connectivity index (χ2n) is 9.65. The molecular formula is C30H30N2O6S2. The van der Waals surface area contributed by atoms with E-state index in [9.17, 15) is 17.8 Å². The fraction of sp³-hybridized carbons (Fsp3) is 0.267. The molecule has 0 spiro atoms. The standard InChI is InChI=1S/C30H30N2O6S2/c1-37-27-18-24(30(33)38-2)14-17-26(27)32(40(34,35)36)25-15-12-22(13-16-25)28-19-31-29(39-28)23-10-8-21(9-11-23)20-6-4-3-5-7-20/h8-20H,3-7H2,1-2H3,(H,34,35,36). The summed E-state index contributed by atoms with van der Waals surface area (Å²) in [5.41, 5.74) is 3.73. The smallest absolute Gasteiger partial charge is 0.364 e. The summed E-state index contributed by atoms with van der Waals surface area (Å²) >= 11 is 1.55. The Kier molecular flexibility index (Phi) is 8.20. The molecule has 0 atom stereocenters. The molecule has 1 aromatic heterocycles. The first-order valence-electron chi connectivity index (χ1n) is 13.0. The number of hydrogen-bond donors (Lipinski definition) is 1. The average Bonchev–Trinajstić information content (AvgIpc) is 3.48. The fourth-order valence-corrected chi connectivity index (χ4v) is 6.84. The zero-order chi connectivity index (χ0) is 28.3. The highest BCUT2D eigenvalue weighted by Crippen LogP contribution is 2.39. The van der Waals surface area contributed by atoms with Crippen molar-refractivity contribution >= 4 is 39.0 Å². The lowest BCUT2D eigenvalue weighted by atomic mass is 9.84. The number of benzene rings is 3. The summed E-state index contributed by atoms with van der Waals surface area (Å²) in [6, 6.07) is 19.6. The third-order valence-corrected chi connectivity index (χ3v) is 9.14. The predicted molar refractivity (Wildman–Crippen MR) is 157 cm³/mol. The van der Waals surface area contributed by atoms with Crippen LogP contribution < -0.4 is 9.04 Å². The maximum absolute atomic E-state index is 12.4. The van der Waals surface area contributed by atoms with E-state index in [-0.39, 0.29) is 22.7 Å². The lowest BCUT2D eigenvalue weighted by Crippen LogP contribution is -2.25. The molecule has 1 saturated carbocycles. The molecule has 0 aliphatic heterocycles. The van der Waals surface area contributed by atoms with Crippen LogP contribution in [-0.2, 0) is 15.0 Å². The zero-order valence-electron chi connectivity index (χ0n) is 22.2. The Bertz CT molecular complexity index is 1590. The van der Waals surface area contributed by atoms with Crippen LogP contribution in [0.4, 0.5) is 11.4 Å². The van der Waals surface area contributed by atoms with Gasteiger partial charge < -0.3 is 9.47 Å². The molecule has 0 radical (unpaired) electrons. The second-order valence-corrected chi connectivity index (χ2v) is 11.9. The molecule has 0 bridgehead atoms. The third-order valence-electron chi connectivity index (χ3n) is 7.18. The second kappa shape index (κ2) is 11.8. The minimum atomic E-state index is -4.74. The van der Waals surface area contributed by atoms with Crippen molar-refractivity contribution in [2.75, 3.05) is 18.5 Å². The minimum Gasteiger partial charge on any atom is -0.495 e. The van der Waals surface area contributed by atoms with E-state index in [1.165, 1.54) is 70.1 Å². The number of nitrogens with zero attached hydrogens (tertiary/aromatic N) is 2. The first-order chi connectivity index (χ1) is 19.3. The number of esters is 1. The van der Waals surface area contributed by atoms with Gasteiger partial charge in [0.15, 0.2) is 0 Å². The molecule has 0 amide bonds. The normalized spacial score (nSPS) is 14.1. The Hall–Kier alpha value is -3.73. The van der Waals surface area contributed by atoms with E-state index in [2.05, 4.69) is 29.2 Å². The summed E-state index contributed by atoms with van der Waals surface area (Å²) in [6.07, 6.45) is 8.27. The van der Waals surface area contributed by atoms with E-state index >= 15 is 0 Å². The van der Waals surface area contributed by atoms with Gasteiger partial charge in [-0.25, -0.2) is 14.1 Å². The minimum absolute atomic E-state index is 0.0437. The van der Waals surface area contributed by atoms with Crippen molar-refractivity contribution in [1.29, 1.82) is 0 Å². The number of ether oxygens (including phenoxy) is 2. The molecule has 4 aromatic rings. The largest absolute Gasteiger partial charge is 0.495 e. The number of hydrogen-bond acceptors (Lipinski definition) is 7. The summed E-state index contributed by atoms with van der Waals surface area (Å²) in [6.45, 7) is 0. The van der Waals surface area contributed by atoms with Gasteiger partial charge in [0.1, 0.15) is 16.4 Å². The number of thiazole rings is 1. The number of methoxy groups -OCH3 is 2. The number of carbonyl (C=O) groups excluding carboxylic acids is 1. The fourth-order valence-electron chi connectivity index (χ4n) is 5.12. The van der Waals surface area contributed by atoms with Gasteiger partial charge in [0.25, 0.3) is 0 Å². The summed E-state index contributed by atoms with van der Waals surface area (Å²) in [7, 11) is -2.15. The quantitative estimate of drug-likeness (QED) is 0.173. The molecule has 3 aromatic carbocycles. The summed E-state index contributed by atoms with van der Waals surface area (Å²) in [5, 5.41) is 0.907. The molecule has 10 heteroatoms. The van der Waals surface area contributed by atoms with Crippen LogP contribution in [0.1, 0.15) is 53.9 Å². The SMILES string of the molecule is COC(=O)c1ccc(N(c2ccc(-c3cnc(-c4ccc(C5CCCCC5)cc4)s3)cc2)S(=O)(=O)O)c(OC)c1. The van der Waals surface area contributed by atoms with Gasteiger partial charge >= 0.3 is 16.3 Å². The van der Waals surface area contributed by atoms with Gasteiger partial charge in [-0.3, -0.25) is 4.55 Å². The summed E-state index contributed by atoms with van der Waals surface area (Å²) in [5.74, 6) is 0.129. The molecule has 1 fully saturated rings. The maximum Gasteiger partial charge on any atom is 0.364 e. The summed E-state index contributed by atoms with van der Waals surface area (Å²) < 4.78 is 45.8. The van der Waals surface area contributed by atoms with Gasteiger partial charge in [-0.15, -0.1) is 11.3 Å². The van der Waals surface area contributed by atoms with E-state index in [4.69, 9.17) is 9.47 Å². The molecular weight excluding hydrogens is 548 g/mol. The molecule has 5 rings (SSSR count). The highest BCUT2D eigenvalue weighted by Gasteiger charge is 2.26. The highest BCUT2D eigenvalue weighted by molar-refractivity contribution is 7.87. The third kappa shape index (κ3) is 5.89. The van der Waals surface area contributed by atoms with Gasteiger partial charge in [0.2, 0.25) is 0 Å². The first kappa shape index (κ1) is 27.8. The molecule has 208 valence electrons. The maximum atomic E-state index is 12.4. The Morgan fingerprint density at radius 3 is 2.25 bits per heavy atom. The Morgan fingerprint density at radius 2 is 1.62 bits per heavy atom. The van der Waals surface area contributed by atoms with Gasteiger partial charge in [-0.2, -0.15) is 8.42 Å².